The van der Waals surface area contributed by atoms with Crippen LogP contribution in [0.2, 0.25) is 0 Å². The maximum atomic E-state index is 9.03. The first-order valence-electron chi connectivity index (χ1n) is 3.11. The maximum Gasteiger partial charge on any atom is 0.249 e. The Labute approximate surface area is 74.2 Å². The summed E-state index contributed by atoms with van der Waals surface area (Å²) in [6.07, 6.45) is 0. The average Bonchev–Trinajstić information content (AvgIpc) is 1.85. The molecule has 0 unspecified atom stereocenters. The van der Waals surface area contributed by atoms with Crippen LogP contribution in [0.15, 0.2) is 0 Å². The molecular formula is C4H13O4PS2. The van der Waals surface area contributed by atoms with E-state index in [2.05, 4.69) is 12.2 Å². The Morgan fingerprint density at radius 3 is 1.82 bits per heavy atom. The molecule has 0 aromatic heterocycles. The SMILES string of the molecule is CCOS(OCC)=P(O)(O)S. The predicted molar refractivity (Wildman–Crippen MR) is 51.0 cm³/mol. The van der Waals surface area contributed by atoms with E-state index in [4.69, 9.17) is 18.2 Å². The van der Waals surface area contributed by atoms with E-state index in [-0.39, 0.29) is 0 Å². The molecule has 0 saturated heterocycles. The summed E-state index contributed by atoms with van der Waals surface area (Å²) in [5.74, 6) is 0. The molecule has 0 aromatic carbocycles. The summed E-state index contributed by atoms with van der Waals surface area (Å²) in [6.45, 7) is 4.27. The van der Waals surface area contributed by atoms with Gasteiger partial charge in [0.1, 0.15) is 10.6 Å². The van der Waals surface area contributed by atoms with Crippen LogP contribution >= 0.6 is 17.9 Å². The molecule has 0 bridgehead atoms. The smallest absolute Gasteiger partial charge is 0.249 e. The van der Waals surface area contributed by atoms with Crippen molar-refractivity contribution < 1.29 is 18.2 Å². The molecule has 0 atom stereocenters. The lowest BCUT2D eigenvalue weighted by atomic mass is 10.9. The lowest BCUT2D eigenvalue weighted by Gasteiger charge is -2.12. The highest BCUT2D eigenvalue weighted by Gasteiger charge is 2.11. The molecule has 0 rings (SSSR count). The highest BCUT2D eigenvalue weighted by atomic mass is 32.9. The largest absolute Gasteiger partial charge is 0.339 e. The third-order valence-electron chi connectivity index (χ3n) is 0.637. The van der Waals surface area contributed by atoms with Crippen molar-refractivity contribution in [1.29, 1.82) is 0 Å². The van der Waals surface area contributed by atoms with Gasteiger partial charge in [0.05, 0.1) is 13.2 Å². The van der Waals surface area contributed by atoms with E-state index >= 15 is 0 Å². The van der Waals surface area contributed by atoms with Crippen LogP contribution in [0.5, 0.6) is 0 Å². The van der Waals surface area contributed by atoms with Crippen LogP contribution in [0.1, 0.15) is 13.8 Å². The van der Waals surface area contributed by atoms with E-state index in [1.54, 1.807) is 13.8 Å². The van der Waals surface area contributed by atoms with Gasteiger partial charge in [-0.05, 0) is 13.8 Å². The normalized spacial score (nSPS) is 12.5. The Balaban J connectivity index is 4.32. The minimum Gasteiger partial charge on any atom is -0.339 e. The second kappa shape index (κ2) is 5.59. The first-order chi connectivity index (χ1) is 5.02. The minimum absolute atomic E-state index is 0.381. The van der Waals surface area contributed by atoms with Crippen LogP contribution < -0.4 is 0 Å². The monoisotopic (exact) mass is 220 g/mol. The third kappa shape index (κ3) is 5.25. The van der Waals surface area contributed by atoms with Crippen LogP contribution in [0.25, 0.3) is 0 Å². The molecule has 0 aliphatic rings. The van der Waals surface area contributed by atoms with Crippen molar-refractivity contribution in [2.24, 2.45) is 0 Å². The summed E-state index contributed by atoms with van der Waals surface area (Å²) in [4.78, 5) is 18.1. The Bertz CT molecular complexity index is 149. The van der Waals surface area contributed by atoms with E-state index in [0.29, 0.717) is 13.2 Å². The second-order valence-electron chi connectivity index (χ2n) is 1.54. The molecule has 0 amide bonds. The molecule has 0 fully saturated rings. The third-order valence-corrected chi connectivity index (χ3v) is 4.94. The quantitative estimate of drug-likeness (QED) is 0.490. The van der Waals surface area contributed by atoms with Gasteiger partial charge in [-0.2, -0.15) is 0 Å². The van der Waals surface area contributed by atoms with Crippen LogP contribution in [0.4, 0.5) is 0 Å². The summed E-state index contributed by atoms with van der Waals surface area (Å²) in [5.41, 5.74) is -3.28. The Kier molecular flexibility index (Phi) is 6.08. The van der Waals surface area contributed by atoms with Gasteiger partial charge in [0.15, 0.2) is 0 Å². The van der Waals surface area contributed by atoms with Crippen molar-refractivity contribution in [2.75, 3.05) is 13.2 Å². The number of hydrogen-bond donors (Lipinski definition) is 3. The van der Waals surface area contributed by atoms with Crippen LogP contribution in [0, 0.1) is 0 Å². The van der Waals surface area contributed by atoms with E-state index in [0.717, 1.165) is 0 Å². The van der Waals surface area contributed by atoms with Gasteiger partial charge in [0, 0.05) is 0 Å². The molecule has 11 heavy (non-hydrogen) atoms. The van der Waals surface area contributed by atoms with Gasteiger partial charge < -0.3 is 9.79 Å². The fourth-order valence-corrected chi connectivity index (χ4v) is 3.46. The Hall–Kier alpha value is 0.970. The lowest BCUT2D eigenvalue weighted by molar-refractivity contribution is 0.296. The first-order valence-corrected chi connectivity index (χ1v) is 7.63. The fraction of sp³-hybridized carbons (Fsp3) is 1.00. The summed E-state index contributed by atoms with van der Waals surface area (Å²) in [6, 6.07) is 0. The Morgan fingerprint density at radius 1 is 1.27 bits per heavy atom. The van der Waals surface area contributed by atoms with E-state index < -0.39 is 16.3 Å². The summed E-state index contributed by atoms with van der Waals surface area (Å²) in [5, 5.41) is 0. The minimum atomic E-state index is -3.28. The van der Waals surface area contributed by atoms with Gasteiger partial charge in [-0.25, -0.2) is 0 Å². The summed E-state index contributed by atoms with van der Waals surface area (Å²) in [7, 11) is -1.26. The standard InChI is InChI=1S/C4H13O4PS2/c1-3-7-11(8-4-2)9(5,6)10/h5-6,10H,3-4H2,1-2H3. The second-order valence-corrected chi connectivity index (χ2v) is 8.38. The molecule has 0 saturated carbocycles. The lowest BCUT2D eigenvalue weighted by Crippen LogP contribution is -2.02. The zero-order valence-electron chi connectivity index (χ0n) is 6.43. The first kappa shape index (κ1) is 12.0. The van der Waals surface area contributed by atoms with Crippen molar-refractivity contribution in [3.05, 3.63) is 0 Å². The molecule has 0 heterocycles. The topological polar surface area (TPSA) is 58.9 Å². The molecule has 0 aromatic rings. The molecule has 70 valence electrons. The predicted octanol–water partition coefficient (Wildman–Crippen LogP) is 1.10. The highest BCUT2D eigenvalue weighted by Crippen LogP contribution is 2.47. The van der Waals surface area contributed by atoms with Crippen molar-refractivity contribution in [3.63, 3.8) is 0 Å². The van der Waals surface area contributed by atoms with E-state index in [1.807, 2.05) is 0 Å². The number of hydrogen-bond acceptors (Lipinski definition) is 2. The molecule has 0 spiro atoms. The molecule has 0 aliphatic heterocycles. The van der Waals surface area contributed by atoms with E-state index in [9.17, 15) is 0 Å². The number of thiol groups is 1. The van der Waals surface area contributed by atoms with E-state index in [1.165, 1.54) is 0 Å². The van der Waals surface area contributed by atoms with Gasteiger partial charge in [-0.15, -0.1) is 0 Å². The molecule has 0 radical (unpaired) electrons. The van der Waals surface area contributed by atoms with Gasteiger partial charge in [0.2, 0.25) is 5.69 Å². The highest BCUT2D eigenvalue weighted by molar-refractivity contribution is 8.64. The molecule has 4 nitrogen and oxygen atoms in total. The van der Waals surface area contributed by atoms with Crippen molar-refractivity contribution in [2.45, 2.75) is 13.8 Å². The van der Waals surface area contributed by atoms with Crippen LogP contribution in [0.3, 0.4) is 0 Å². The zero-order valence-corrected chi connectivity index (χ0v) is 9.03. The van der Waals surface area contributed by atoms with Crippen LogP contribution in [-0.4, -0.2) is 23.0 Å². The molecule has 2 N–H and O–H groups in total. The average molecular weight is 220 g/mol. The van der Waals surface area contributed by atoms with Gasteiger partial charge >= 0.3 is 0 Å². The molecular weight excluding hydrogens is 207 g/mol. The zero-order chi connectivity index (χ0) is 8.91. The summed E-state index contributed by atoms with van der Waals surface area (Å²) >= 11 is 3.60. The number of rotatable bonds is 4. The Morgan fingerprint density at radius 2 is 1.64 bits per heavy atom. The fourth-order valence-electron chi connectivity index (χ4n) is 0.377. The van der Waals surface area contributed by atoms with Crippen molar-refractivity contribution >= 4 is 28.6 Å². The molecule has 7 heteroatoms. The van der Waals surface area contributed by atoms with Gasteiger partial charge in [-0.3, -0.25) is 8.37 Å². The van der Waals surface area contributed by atoms with Crippen molar-refractivity contribution in [1.82, 2.24) is 0 Å². The van der Waals surface area contributed by atoms with Crippen LogP contribution in [-0.2, 0) is 19.0 Å². The van der Waals surface area contributed by atoms with Crippen molar-refractivity contribution in [3.8, 4) is 0 Å². The maximum absolute atomic E-state index is 9.03. The van der Waals surface area contributed by atoms with Gasteiger partial charge in [0.25, 0.3) is 0 Å². The van der Waals surface area contributed by atoms with Gasteiger partial charge in [-0.1, -0.05) is 12.2 Å². The molecule has 0 aliphatic carbocycles. The summed E-state index contributed by atoms with van der Waals surface area (Å²) < 4.78 is 9.85.